The van der Waals surface area contributed by atoms with Crippen molar-refractivity contribution in [2.75, 3.05) is 13.1 Å². The fourth-order valence-corrected chi connectivity index (χ4v) is 3.44. The van der Waals surface area contributed by atoms with Gasteiger partial charge < -0.3 is 10.6 Å². The predicted octanol–water partition coefficient (Wildman–Crippen LogP) is 2.71. The smallest absolute Gasteiger partial charge is 0.0733 e. The molecule has 0 heterocycles. The maximum atomic E-state index is 5.70. The Labute approximate surface area is 105 Å². The number of hydrogen-bond donors (Lipinski definition) is 1. The van der Waals surface area contributed by atoms with Gasteiger partial charge in [-0.25, -0.2) is 0 Å². The van der Waals surface area contributed by atoms with E-state index >= 15 is 0 Å². The molecule has 2 nitrogen and oxygen atoms in total. The zero-order valence-corrected chi connectivity index (χ0v) is 11.2. The van der Waals surface area contributed by atoms with Gasteiger partial charge in [-0.15, -0.1) is 0 Å². The molecule has 0 bridgehead atoms. The number of thiocarbonyl (C=S) groups is 1. The minimum Gasteiger partial charge on any atom is -0.393 e. The van der Waals surface area contributed by atoms with Crippen LogP contribution in [0.3, 0.4) is 0 Å². The second-order valence-corrected chi connectivity index (χ2v) is 6.17. The van der Waals surface area contributed by atoms with Gasteiger partial charge in [-0.3, -0.25) is 0 Å². The zero-order chi connectivity index (χ0) is 11.6. The third-order valence-corrected chi connectivity index (χ3v) is 4.44. The van der Waals surface area contributed by atoms with E-state index in [1.165, 1.54) is 51.6 Å². The van der Waals surface area contributed by atoms with E-state index in [9.17, 15) is 0 Å². The highest BCUT2D eigenvalue weighted by Crippen LogP contribution is 2.50. The summed E-state index contributed by atoms with van der Waals surface area (Å²) in [6, 6.07) is 0.842. The molecule has 0 aliphatic heterocycles. The van der Waals surface area contributed by atoms with Crippen LogP contribution in [0.15, 0.2) is 0 Å². The molecular formula is C13H24N2S. The minimum absolute atomic E-state index is 0.463. The van der Waals surface area contributed by atoms with Crippen molar-refractivity contribution >= 4 is 17.2 Å². The quantitative estimate of drug-likeness (QED) is 0.724. The van der Waals surface area contributed by atoms with Crippen molar-refractivity contribution in [2.45, 2.75) is 57.9 Å². The summed E-state index contributed by atoms with van der Waals surface area (Å²) < 4.78 is 0. The van der Waals surface area contributed by atoms with Crippen molar-refractivity contribution < 1.29 is 0 Å². The molecule has 0 saturated heterocycles. The van der Waals surface area contributed by atoms with Crippen LogP contribution in [0.1, 0.15) is 51.9 Å². The molecule has 3 heteroatoms. The Bertz CT molecular complexity index is 255. The number of nitrogens with two attached hydrogens (primary N) is 1. The van der Waals surface area contributed by atoms with Crippen molar-refractivity contribution in [3.05, 3.63) is 0 Å². The lowest BCUT2D eigenvalue weighted by molar-refractivity contribution is 0.170. The summed E-state index contributed by atoms with van der Waals surface area (Å²) in [5, 5.41) is 0. The van der Waals surface area contributed by atoms with E-state index in [2.05, 4.69) is 11.8 Å². The highest BCUT2D eigenvalue weighted by atomic mass is 32.1. The third-order valence-electron chi connectivity index (χ3n) is 4.29. The molecule has 0 aromatic heterocycles. The van der Waals surface area contributed by atoms with E-state index in [0.29, 0.717) is 10.4 Å². The first kappa shape index (κ1) is 12.3. The topological polar surface area (TPSA) is 29.3 Å². The molecule has 2 fully saturated rings. The molecule has 0 aromatic carbocycles. The number of rotatable bonds is 6. The van der Waals surface area contributed by atoms with Gasteiger partial charge in [-0.2, -0.15) is 0 Å². The Morgan fingerprint density at radius 1 is 1.38 bits per heavy atom. The summed E-state index contributed by atoms with van der Waals surface area (Å²) in [6.45, 7) is 4.70. The highest BCUT2D eigenvalue weighted by molar-refractivity contribution is 7.80. The third kappa shape index (κ3) is 2.95. The number of hydrogen-bond acceptors (Lipinski definition) is 2. The normalized spacial score (nSPS) is 23.9. The summed E-state index contributed by atoms with van der Waals surface area (Å²) in [6.07, 6.45) is 9.26. The van der Waals surface area contributed by atoms with Crippen LogP contribution < -0.4 is 5.73 Å². The lowest BCUT2D eigenvalue weighted by atomic mass is 10.0. The Balaban J connectivity index is 1.88. The number of nitrogens with zero attached hydrogens (tertiary/aromatic N) is 1. The lowest BCUT2D eigenvalue weighted by Gasteiger charge is -2.31. The summed E-state index contributed by atoms with van der Waals surface area (Å²) in [5.41, 5.74) is 6.16. The molecule has 0 radical (unpaired) electrons. The van der Waals surface area contributed by atoms with Crippen LogP contribution in [0.4, 0.5) is 0 Å². The first-order valence-electron chi connectivity index (χ1n) is 6.67. The van der Waals surface area contributed by atoms with Crippen molar-refractivity contribution in [3.63, 3.8) is 0 Å². The molecule has 2 rings (SSSR count). The molecule has 0 unspecified atom stereocenters. The Morgan fingerprint density at radius 2 is 2.00 bits per heavy atom. The van der Waals surface area contributed by atoms with Crippen LogP contribution in [0.25, 0.3) is 0 Å². The van der Waals surface area contributed by atoms with Gasteiger partial charge in [0, 0.05) is 19.0 Å². The van der Waals surface area contributed by atoms with Crippen LogP contribution in [-0.4, -0.2) is 29.0 Å². The summed E-state index contributed by atoms with van der Waals surface area (Å²) in [7, 11) is 0. The van der Waals surface area contributed by atoms with Gasteiger partial charge in [0.1, 0.15) is 0 Å². The van der Waals surface area contributed by atoms with Crippen LogP contribution in [0.2, 0.25) is 0 Å². The molecule has 0 aromatic rings. The summed E-state index contributed by atoms with van der Waals surface area (Å²) in [4.78, 5) is 3.39. The highest BCUT2D eigenvalue weighted by Gasteiger charge is 2.44. The van der Waals surface area contributed by atoms with E-state index in [-0.39, 0.29) is 0 Å². The van der Waals surface area contributed by atoms with Gasteiger partial charge in [0.25, 0.3) is 0 Å². The fraction of sp³-hybridized carbons (Fsp3) is 0.923. The first-order chi connectivity index (χ1) is 7.65. The van der Waals surface area contributed by atoms with Crippen LogP contribution in [0, 0.1) is 5.41 Å². The maximum absolute atomic E-state index is 5.70. The van der Waals surface area contributed by atoms with Gasteiger partial charge in [-0.05, 0) is 37.6 Å². The van der Waals surface area contributed by atoms with Gasteiger partial charge >= 0.3 is 0 Å². The van der Waals surface area contributed by atoms with Crippen molar-refractivity contribution in [1.29, 1.82) is 0 Å². The average molecular weight is 240 g/mol. The van der Waals surface area contributed by atoms with Crippen molar-refractivity contribution in [1.82, 2.24) is 4.90 Å². The Hall–Kier alpha value is -0.150. The van der Waals surface area contributed by atoms with Gasteiger partial charge in [0.2, 0.25) is 0 Å². The van der Waals surface area contributed by atoms with Gasteiger partial charge in [0.05, 0.1) is 4.99 Å². The fourth-order valence-electron chi connectivity index (χ4n) is 3.14. The first-order valence-corrected chi connectivity index (χ1v) is 7.08. The molecule has 0 atom stereocenters. The molecule has 0 amide bonds. The van der Waals surface area contributed by atoms with Crippen LogP contribution in [0.5, 0.6) is 0 Å². The molecular weight excluding hydrogens is 216 g/mol. The van der Waals surface area contributed by atoms with E-state index in [1.54, 1.807) is 0 Å². The molecule has 2 aliphatic rings. The average Bonchev–Trinajstić information content (AvgIpc) is 2.80. The summed E-state index contributed by atoms with van der Waals surface area (Å²) >= 11 is 5.07. The predicted molar refractivity (Wildman–Crippen MR) is 72.6 cm³/mol. The summed E-state index contributed by atoms with van der Waals surface area (Å²) in [5.74, 6) is 0. The van der Waals surface area contributed by atoms with Crippen LogP contribution in [-0.2, 0) is 0 Å². The van der Waals surface area contributed by atoms with E-state index in [0.717, 1.165) is 12.5 Å². The van der Waals surface area contributed by atoms with Crippen molar-refractivity contribution in [2.24, 2.45) is 11.1 Å². The molecule has 0 spiro atoms. The van der Waals surface area contributed by atoms with E-state index in [1.807, 2.05) is 0 Å². The second kappa shape index (κ2) is 5.01. The van der Waals surface area contributed by atoms with Crippen molar-refractivity contribution in [3.8, 4) is 0 Å². The minimum atomic E-state index is 0.463. The van der Waals surface area contributed by atoms with Gasteiger partial charge in [-0.1, -0.05) is 32.0 Å². The van der Waals surface area contributed by atoms with Gasteiger partial charge in [0.15, 0.2) is 0 Å². The van der Waals surface area contributed by atoms with Crippen LogP contribution >= 0.6 is 12.2 Å². The largest absolute Gasteiger partial charge is 0.393 e. The maximum Gasteiger partial charge on any atom is 0.0733 e. The lowest BCUT2D eigenvalue weighted by Crippen LogP contribution is -2.38. The standard InChI is InChI=1S/C13H24N2S/c1-2-15(11-5-3-4-6-11)10-13(7-8-13)9-12(14)16/h11H,2-10H2,1H3,(H2,14,16). The Morgan fingerprint density at radius 3 is 2.44 bits per heavy atom. The SMILES string of the molecule is CCN(CC1(CC(N)=S)CC1)C1CCCC1. The molecule has 2 saturated carbocycles. The monoisotopic (exact) mass is 240 g/mol. The molecule has 2 aliphatic carbocycles. The molecule has 2 N–H and O–H groups in total. The van der Waals surface area contributed by atoms with E-state index < -0.39 is 0 Å². The second-order valence-electron chi connectivity index (χ2n) is 5.64. The molecule has 16 heavy (non-hydrogen) atoms. The Kier molecular flexibility index (Phi) is 3.85. The zero-order valence-electron chi connectivity index (χ0n) is 10.4. The van der Waals surface area contributed by atoms with E-state index in [4.69, 9.17) is 18.0 Å². The molecule has 92 valence electrons.